The summed E-state index contributed by atoms with van der Waals surface area (Å²) in [6, 6.07) is 10.2. The molecule has 0 spiro atoms. The summed E-state index contributed by atoms with van der Waals surface area (Å²) in [5, 5.41) is 16.4. The van der Waals surface area contributed by atoms with Gasteiger partial charge < -0.3 is 9.73 Å². The van der Waals surface area contributed by atoms with E-state index >= 15 is 0 Å². The van der Waals surface area contributed by atoms with Gasteiger partial charge in [-0.1, -0.05) is 24.3 Å². The number of amides is 1. The molecule has 1 aliphatic heterocycles. The molecule has 1 aromatic heterocycles. The summed E-state index contributed by atoms with van der Waals surface area (Å²) in [4.78, 5) is 21.8. The standard InChI is InChI=1S/C13H11N3O4/c17-13(10-5-6-11(20-10)16(18)19)15-12-9-4-2-1-3-8(9)7-14-12/h1-6,12,14H,7H2,(H,15,17). The van der Waals surface area contributed by atoms with Gasteiger partial charge in [0.15, 0.2) is 5.76 Å². The van der Waals surface area contributed by atoms with Crippen molar-refractivity contribution in [2.24, 2.45) is 0 Å². The molecule has 0 saturated heterocycles. The quantitative estimate of drug-likeness (QED) is 0.655. The molecule has 2 heterocycles. The fourth-order valence-corrected chi connectivity index (χ4v) is 2.18. The van der Waals surface area contributed by atoms with Crippen LogP contribution in [0, 0.1) is 10.1 Å². The Bertz CT molecular complexity index is 680. The van der Waals surface area contributed by atoms with E-state index in [2.05, 4.69) is 10.6 Å². The number of carbonyl (C=O) groups is 1. The molecule has 0 radical (unpaired) electrons. The number of nitro groups is 1. The second kappa shape index (κ2) is 4.78. The van der Waals surface area contributed by atoms with Gasteiger partial charge in [0.1, 0.15) is 11.1 Å². The van der Waals surface area contributed by atoms with E-state index in [0.29, 0.717) is 6.54 Å². The number of fused-ring (bicyclic) bond motifs is 1. The summed E-state index contributed by atoms with van der Waals surface area (Å²) in [5.74, 6) is -1.02. The Morgan fingerprint density at radius 2 is 2.15 bits per heavy atom. The van der Waals surface area contributed by atoms with Gasteiger partial charge in [-0.25, -0.2) is 0 Å². The van der Waals surface area contributed by atoms with Gasteiger partial charge in [-0.2, -0.15) is 0 Å². The van der Waals surface area contributed by atoms with Crippen molar-refractivity contribution in [1.29, 1.82) is 0 Å². The van der Waals surface area contributed by atoms with Crippen LogP contribution >= 0.6 is 0 Å². The van der Waals surface area contributed by atoms with Crippen LogP contribution in [0.3, 0.4) is 0 Å². The molecule has 0 aliphatic carbocycles. The van der Waals surface area contributed by atoms with Crippen molar-refractivity contribution in [2.75, 3.05) is 0 Å². The number of carbonyl (C=O) groups excluding carboxylic acids is 1. The predicted molar refractivity (Wildman–Crippen MR) is 68.9 cm³/mol. The van der Waals surface area contributed by atoms with Gasteiger partial charge in [0, 0.05) is 6.54 Å². The minimum Gasteiger partial charge on any atom is -0.395 e. The first kappa shape index (κ1) is 12.4. The number of benzene rings is 1. The molecular weight excluding hydrogens is 262 g/mol. The molecule has 1 unspecified atom stereocenters. The van der Waals surface area contributed by atoms with Gasteiger partial charge in [-0.3, -0.25) is 20.2 Å². The van der Waals surface area contributed by atoms with Gasteiger partial charge in [0.05, 0.1) is 6.07 Å². The van der Waals surface area contributed by atoms with Crippen molar-refractivity contribution in [3.8, 4) is 0 Å². The van der Waals surface area contributed by atoms with Crippen LogP contribution in [0.15, 0.2) is 40.8 Å². The third kappa shape index (κ3) is 2.14. The van der Waals surface area contributed by atoms with E-state index in [0.717, 1.165) is 17.2 Å². The first-order valence-electron chi connectivity index (χ1n) is 6.01. The van der Waals surface area contributed by atoms with Gasteiger partial charge in [-0.05, 0) is 17.2 Å². The molecule has 0 bridgehead atoms. The summed E-state index contributed by atoms with van der Waals surface area (Å²) in [6.45, 7) is 0.666. The maximum absolute atomic E-state index is 12.0. The highest BCUT2D eigenvalue weighted by molar-refractivity contribution is 5.92. The van der Waals surface area contributed by atoms with Crippen molar-refractivity contribution in [3.05, 3.63) is 63.4 Å². The number of nitrogens with zero attached hydrogens (tertiary/aromatic N) is 1. The fraction of sp³-hybridized carbons (Fsp3) is 0.154. The smallest absolute Gasteiger partial charge is 0.395 e. The van der Waals surface area contributed by atoms with Crippen LogP contribution in [0.2, 0.25) is 0 Å². The Morgan fingerprint density at radius 3 is 2.90 bits per heavy atom. The highest BCUT2D eigenvalue weighted by Crippen LogP contribution is 2.23. The molecule has 0 fully saturated rings. The maximum Gasteiger partial charge on any atom is 0.433 e. The molecule has 3 rings (SSSR count). The van der Waals surface area contributed by atoms with Crippen LogP contribution in [0.5, 0.6) is 0 Å². The molecule has 1 aromatic carbocycles. The molecular formula is C13H11N3O4. The van der Waals surface area contributed by atoms with Crippen LogP contribution in [0.25, 0.3) is 0 Å². The van der Waals surface area contributed by atoms with Crippen molar-refractivity contribution in [2.45, 2.75) is 12.7 Å². The van der Waals surface area contributed by atoms with E-state index in [1.807, 2.05) is 24.3 Å². The molecule has 7 heteroatoms. The fourth-order valence-electron chi connectivity index (χ4n) is 2.18. The molecule has 1 atom stereocenters. The lowest BCUT2D eigenvalue weighted by Gasteiger charge is -2.13. The number of hydrogen-bond acceptors (Lipinski definition) is 5. The number of furan rings is 1. The van der Waals surface area contributed by atoms with E-state index in [9.17, 15) is 14.9 Å². The number of hydrogen-bond donors (Lipinski definition) is 2. The largest absolute Gasteiger partial charge is 0.433 e. The Labute approximate surface area is 113 Å². The zero-order chi connectivity index (χ0) is 14.1. The first-order chi connectivity index (χ1) is 9.65. The Morgan fingerprint density at radius 1 is 1.35 bits per heavy atom. The molecule has 102 valence electrons. The summed E-state index contributed by atoms with van der Waals surface area (Å²) in [5.41, 5.74) is 2.10. The van der Waals surface area contributed by atoms with E-state index in [4.69, 9.17) is 4.42 Å². The van der Waals surface area contributed by atoms with E-state index in [-0.39, 0.29) is 11.9 Å². The van der Waals surface area contributed by atoms with Gasteiger partial charge in [0.25, 0.3) is 5.91 Å². The Balaban J connectivity index is 1.75. The summed E-state index contributed by atoms with van der Waals surface area (Å²) < 4.78 is 4.87. The highest BCUT2D eigenvalue weighted by Gasteiger charge is 2.25. The second-order valence-corrected chi connectivity index (χ2v) is 4.38. The normalized spacial score (nSPS) is 16.7. The molecule has 20 heavy (non-hydrogen) atoms. The Hall–Kier alpha value is -2.67. The molecule has 7 nitrogen and oxygen atoms in total. The zero-order valence-electron chi connectivity index (χ0n) is 10.3. The molecule has 1 amide bonds. The Kier molecular flexibility index (Phi) is 2.96. The van der Waals surface area contributed by atoms with Crippen LogP contribution in [0.1, 0.15) is 27.8 Å². The SMILES string of the molecule is O=C(NC1NCc2ccccc21)c1ccc([N+](=O)[O-])o1. The minimum absolute atomic E-state index is 0.0807. The van der Waals surface area contributed by atoms with Crippen LogP contribution in [-0.4, -0.2) is 10.8 Å². The van der Waals surface area contributed by atoms with Crippen molar-refractivity contribution >= 4 is 11.8 Å². The monoisotopic (exact) mass is 273 g/mol. The lowest BCUT2D eigenvalue weighted by molar-refractivity contribution is -0.402. The molecule has 1 aliphatic rings. The van der Waals surface area contributed by atoms with Gasteiger partial charge >= 0.3 is 5.88 Å². The summed E-state index contributed by atoms with van der Waals surface area (Å²) >= 11 is 0. The first-order valence-corrected chi connectivity index (χ1v) is 6.01. The zero-order valence-corrected chi connectivity index (χ0v) is 10.3. The van der Waals surface area contributed by atoms with E-state index in [1.165, 1.54) is 6.07 Å². The van der Waals surface area contributed by atoms with Crippen molar-refractivity contribution in [3.63, 3.8) is 0 Å². The topological polar surface area (TPSA) is 97.4 Å². The summed E-state index contributed by atoms with van der Waals surface area (Å²) in [7, 11) is 0. The summed E-state index contributed by atoms with van der Waals surface area (Å²) in [6.07, 6.45) is -0.317. The average molecular weight is 273 g/mol. The highest BCUT2D eigenvalue weighted by atomic mass is 16.6. The maximum atomic E-state index is 12.0. The van der Waals surface area contributed by atoms with Crippen LogP contribution in [-0.2, 0) is 6.54 Å². The number of rotatable bonds is 3. The lowest BCUT2D eigenvalue weighted by atomic mass is 10.1. The average Bonchev–Trinajstić information content (AvgIpc) is 3.06. The lowest BCUT2D eigenvalue weighted by Crippen LogP contribution is -2.33. The molecule has 2 aromatic rings. The molecule has 0 saturated carbocycles. The number of nitrogens with one attached hydrogen (secondary N) is 2. The van der Waals surface area contributed by atoms with E-state index in [1.54, 1.807) is 0 Å². The van der Waals surface area contributed by atoms with Crippen molar-refractivity contribution in [1.82, 2.24) is 10.6 Å². The second-order valence-electron chi connectivity index (χ2n) is 4.38. The third-order valence-electron chi connectivity index (χ3n) is 3.13. The molecule has 2 N–H and O–H groups in total. The van der Waals surface area contributed by atoms with Gasteiger partial charge in [-0.15, -0.1) is 0 Å². The predicted octanol–water partition coefficient (Wildman–Crippen LogP) is 1.72. The van der Waals surface area contributed by atoms with Crippen molar-refractivity contribution < 1.29 is 14.1 Å². The van der Waals surface area contributed by atoms with E-state index < -0.39 is 16.7 Å². The minimum atomic E-state index is -0.681. The van der Waals surface area contributed by atoms with Crippen LogP contribution in [0.4, 0.5) is 5.88 Å². The van der Waals surface area contributed by atoms with Gasteiger partial charge in [0.2, 0.25) is 0 Å². The van der Waals surface area contributed by atoms with Crippen LogP contribution < -0.4 is 10.6 Å². The third-order valence-corrected chi connectivity index (χ3v) is 3.13.